The first-order chi connectivity index (χ1) is 15.2. The van der Waals surface area contributed by atoms with Crippen LogP contribution in [0.4, 0.5) is 18.9 Å². The molecule has 0 radical (unpaired) electrons. The second-order valence-corrected chi connectivity index (χ2v) is 7.94. The SMILES string of the molecule is CCOc1ccc(C(=O)N2CCN(c3cccc(C(F)(F)F)c3)CC2)cc1COC(C)C. The van der Waals surface area contributed by atoms with Crippen LogP contribution in [-0.2, 0) is 17.5 Å². The average Bonchev–Trinajstić information content (AvgIpc) is 2.77. The van der Waals surface area contributed by atoms with Crippen LogP contribution >= 0.6 is 0 Å². The number of benzene rings is 2. The van der Waals surface area contributed by atoms with Crippen LogP contribution in [0.2, 0.25) is 0 Å². The lowest BCUT2D eigenvalue weighted by Crippen LogP contribution is -2.48. The van der Waals surface area contributed by atoms with Gasteiger partial charge in [0.25, 0.3) is 5.91 Å². The predicted molar refractivity (Wildman–Crippen MR) is 117 cm³/mol. The molecule has 0 spiro atoms. The van der Waals surface area contributed by atoms with Crippen molar-refractivity contribution in [2.45, 2.75) is 39.7 Å². The van der Waals surface area contributed by atoms with E-state index in [9.17, 15) is 18.0 Å². The fourth-order valence-corrected chi connectivity index (χ4v) is 3.61. The van der Waals surface area contributed by atoms with E-state index in [1.54, 1.807) is 29.2 Å². The Kier molecular flexibility index (Phi) is 7.66. The zero-order valence-corrected chi connectivity index (χ0v) is 18.6. The van der Waals surface area contributed by atoms with E-state index >= 15 is 0 Å². The van der Waals surface area contributed by atoms with Crippen molar-refractivity contribution in [1.29, 1.82) is 0 Å². The molecule has 2 aromatic carbocycles. The van der Waals surface area contributed by atoms with Crippen molar-refractivity contribution in [3.05, 3.63) is 59.2 Å². The molecule has 3 rings (SSSR count). The average molecular weight is 451 g/mol. The molecule has 1 aliphatic heterocycles. The van der Waals surface area contributed by atoms with Crippen molar-refractivity contribution in [3.63, 3.8) is 0 Å². The van der Waals surface area contributed by atoms with Gasteiger partial charge in [-0.1, -0.05) is 6.07 Å². The van der Waals surface area contributed by atoms with E-state index in [2.05, 4.69) is 0 Å². The van der Waals surface area contributed by atoms with Crippen LogP contribution in [0.3, 0.4) is 0 Å². The van der Waals surface area contributed by atoms with Gasteiger partial charge in [-0.3, -0.25) is 4.79 Å². The number of amides is 1. The zero-order valence-electron chi connectivity index (χ0n) is 18.6. The highest BCUT2D eigenvalue weighted by molar-refractivity contribution is 5.94. The van der Waals surface area contributed by atoms with Crippen LogP contribution < -0.4 is 9.64 Å². The standard InChI is InChI=1S/C24H29F3N2O3/c1-4-31-22-9-8-18(14-19(22)16-32-17(2)3)23(30)29-12-10-28(11-13-29)21-7-5-6-20(15-21)24(25,26)27/h5-9,14-15,17H,4,10-13,16H2,1-3H3. The summed E-state index contributed by atoms with van der Waals surface area (Å²) in [6, 6.07) is 10.6. The van der Waals surface area contributed by atoms with E-state index in [0.717, 1.165) is 17.7 Å². The van der Waals surface area contributed by atoms with E-state index in [1.165, 1.54) is 6.07 Å². The van der Waals surface area contributed by atoms with E-state index in [4.69, 9.17) is 9.47 Å². The minimum absolute atomic E-state index is 0.0489. The van der Waals surface area contributed by atoms with Crippen LogP contribution in [0.25, 0.3) is 0 Å². The largest absolute Gasteiger partial charge is 0.494 e. The first-order valence-corrected chi connectivity index (χ1v) is 10.8. The van der Waals surface area contributed by atoms with Crippen molar-refractivity contribution >= 4 is 11.6 Å². The van der Waals surface area contributed by atoms with E-state index in [-0.39, 0.29) is 12.0 Å². The van der Waals surface area contributed by atoms with Gasteiger partial charge < -0.3 is 19.3 Å². The van der Waals surface area contributed by atoms with Gasteiger partial charge in [-0.25, -0.2) is 0 Å². The maximum atomic E-state index is 13.1. The van der Waals surface area contributed by atoms with Gasteiger partial charge in [0.15, 0.2) is 0 Å². The predicted octanol–water partition coefficient (Wildman–Crippen LogP) is 4.99. The van der Waals surface area contributed by atoms with Crippen molar-refractivity contribution in [3.8, 4) is 5.75 Å². The Balaban J connectivity index is 1.68. The van der Waals surface area contributed by atoms with Gasteiger partial charge in [0.1, 0.15) is 5.75 Å². The molecule has 0 N–H and O–H groups in total. The van der Waals surface area contributed by atoms with Crippen molar-refractivity contribution in [2.24, 2.45) is 0 Å². The monoisotopic (exact) mass is 450 g/mol. The molecular formula is C24H29F3N2O3. The minimum atomic E-state index is -4.38. The fourth-order valence-electron chi connectivity index (χ4n) is 3.61. The molecule has 1 fully saturated rings. The number of ether oxygens (including phenoxy) is 2. The van der Waals surface area contributed by atoms with Gasteiger partial charge >= 0.3 is 6.18 Å². The second-order valence-electron chi connectivity index (χ2n) is 7.94. The van der Waals surface area contributed by atoms with Crippen LogP contribution in [-0.4, -0.2) is 49.7 Å². The molecule has 1 saturated heterocycles. The fraction of sp³-hybridized carbons (Fsp3) is 0.458. The van der Waals surface area contributed by atoms with Crippen molar-refractivity contribution in [1.82, 2.24) is 4.90 Å². The molecule has 0 aromatic heterocycles. The van der Waals surface area contributed by atoms with Crippen LogP contribution in [0, 0.1) is 0 Å². The van der Waals surface area contributed by atoms with Gasteiger partial charge in [-0.05, 0) is 57.2 Å². The smallest absolute Gasteiger partial charge is 0.416 e. The number of hydrogen-bond acceptors (Lipinski definition) is 4. The number of anilines is 1. The molecule has 1 aliphatic rings. The van der Waals surface area contributed by atoms with Gasteiger partial charge in [0.05, 0.1) is 24.9 Å². The number of carbonyl (C=O) groups excluding carboxylic acids is 1. The molecule has 0 bridgehead atoms. The number of hydrogen-bond donors (Lipinski definition) is 0. The minimum Gasteiger partial charge on any atom is -0.494 e. The van der Waals surface area contributed by atoms with Gasteiger partial charge in [-0.15, -0.1) is 0 Å². The summed E-state index contributed by atoms with van der Waals surface area (Å²) in [5, 5.41) is 0. The van der Waals surface area contributed by atoms with E-state index < -0.39 is 11.7 Å². The van der Waals surface area contributed by atoms with Gasteiger partial charge in [0.2, 0.25) is 0 Å². The third-order valence-electron chi connectivity index (χ3n) is 5.28. The van der Waals surface area contributed by atoms with Crippen LogP contribution in [0.5, 0.6) is 5.75 Å². The number of carbonyl (C=O) groups is 1. The van der Waals surface area contributed by atoms with Crippen molar-refractivity contribution < 1.29 is 27.4 Å². The van der Waals surface area contributed by atoms with Crippen LogP contribution in [0.1, 0.15) is 42.3 Å². The summed E-state index contributed by atoms with van der Waals surface area (Å²) in [4.78, 5) is 16.7. The Bertz CT molecular complexity index is 923. The lowest BCUT2D eigenvalue weighted by atomic mass is 10.1. The molecule has 174 valence electrons. The topological polar surface area (TPSA) is 42.0 Å². The number of rotatable bonds is 7. The summed E-state index contributed by atoms with van der Waals surface area (Å²) in [7, 11) is 0. The molecule has 5 nitrogen and oxygen atoms in total. The maximum absolute atomic E-state index is 13.1. The lowest BCUT2D eigenvalue weighted by Gasteiger charge is -2.36. The van der Waals surface area contributed by atoms with E-state index in [1.807, 2.05) is 25.7 Å². The second kappa shape index (κ2) is 10.3. The first kappa shape index (κ1) is 23.9. The first-order valence-electron chi connectivity index (χ1n) is 10.8. The summed E-state index contributed by atoms with van der Waals surface area (Å²) < 4.78 is 50.4. The Morgan fingerprint density at radius 1 is 1.06 bits per heavy atom. The van der Waals surface area contributed by atoms with Crippen LogP contribution in [0.15, 0.2) is 42.5 Å². The zero-order chi connectivity index (χ0) is 23.3. The molecule has 0 saturated carbocycles. The third-order valence-corrected chi connectivity index (χ3v) is 5.28. The summed E-state index contributed by atoms with van der Waals surface area (Å²) in [6.07, 6.45) is -4.33. The Labute approximate surface area is 186 Å². The summed E-state index contributed by atoms with van der Waals surface area (Å²) in [5.41, 5.74) is 1.21. The Morgan fingerprint density at radius 2 is 1.78 bits per heavy atom. The number of piperazine rings is 1. The molecule has 0 unspecified atom stereocenters. The number of halogens is 3. The molecule has 2 aromatic rings. The highest BCUT2D eigenvalue weighted by Gasteiger charge is 2.31. The molecule has 32 heavy (non-hydrogen) atoms. The Hall–Kier alpha value is -2.74. The molecular weight excluding hydrogens is 421 g/mol. The van der Waals surface area contributed by atoms with Gasteiger partial charge in [0, 0.05) is 43.0 Å². The molecule has 0 atom stereocenters. The Morgan fingerprint density at radius 3 is 2.41 bits per heavy atom. The quantitative estimate of drug-likeness (QED) is 0.596. The number of alkyl halides is 3. The third kappa shape index (κ3) is 5.94. The molecule has 8 heteroatoms. The highest BCUT2D eigenvalue weighted by atomic mass is 19.4. The van der Waals surface area contributed by atoms with E-state index in [0.29, 0.717) is 56.4 Å². The summed E-state index contributed by atoms with van der Waals surface area (Å²) >= 11 is 0. The lowest BCUT2D eigenvalue weighted by molar-refractivity contribution is -0.137. The summed E-state index contributed by atoms with van der Waals surface area (Å²) in [6.45, 7) is 8.44. The van der Waals surface area contributed by atoms with Gasteiger partial charge in [-0.2, -0.15) is 13.2 Å². The molecule has 0 aliphatic carbocycles. The highest BCUT2D eigenvalue weighted by Crippen LogP contribution is 2.32. The molecule has 1 amide bonds. The summed E-state index contributed by atoms with van der Waals surface area (Å²) in [5.74, 6) is 0.585. The maximum Gasteiger partial charge on any atom is 0.416 e. The normalized spacial score (nSPS) is 14.7. The number of nitrogens with zero attached hydrogens (tertiary/aromatic N) is 2. The van der Waals surface area contributed by atoms with Crippen molar-refractivity contribution in [2.75, 3.05) is 37.7 Å². The molecule has 1 heterocycles.